The molecular weight excluding hydrogens is 332 g/mol. The minimum absolute atomic E-state index is 0.489. The molecule has 0 aliphatic heterocycles. The molecule has 0 aliphatic rings. The number of ether oxygens (including phenoxy) is 1. The number of carboxylic acid groups (broad SMARTS) is 1. The molecule has 1 N–H and O–H groups in total. The molecule has 1 heterocycles. The Morgan fingerprint density at radius 2 is 1.96 bits per heavy atom. The number of benzene rings is 2. The Morgan fingerprint density at radius 3 is 2.58 bits per heavy atom. The molecule has 0 spiro atoms. The van der Waals surface area contributed by atoms with Crippen LogP contribution in [0.2, 0.25) is 5.02 Å². The van der Waals surface area contributed by atoms with Crippen LogP contribution in [0, 0.1) is 0 Å². The van der Waals surface area contributed by atoms with Crippen LogP contribution >= 0.6 is 11.6 Å². The van der Waals surface area contributed by atoms with Gasteiger partial charge in [0.15, 0.2) is 5.82 Å². The van der Waals surface area contributed by atoms with E-state index in [1.807, 2.05) is 12.1 Å². The molecule has 24 heavy (non-hydrogen) atoms. The molecule has 2 aromatic carbocycles. The Balaban J connectivity index is 2.15. The standard InChI is InChI=1S/C17H15ClN2O4/c1-10(17(21)22)24-20-15-9-12(18)5-8-14(15)19-16(20)11-3-6-13(23-2)7-4-11/h3-10H,1-2H3,(H,21,22)/t10-/m0/s1. The fraction of sp³-hybridized carbons (Fsp3) is 0.176. The van der Waals surface area contributed by atoms with E-state index in [-0.39, 0.29) is 0 Å². The van der Waals surface area contributed by atoms with Gasteiger partial charge in [-0.05, 0) is 49.4 Å². The summed E-state index contributed by atoms with van der Waals surface area (Å²) in [4.78, 5) is 21.3. The average Bonchev–Trinajstić information content (AvgIpc) is 2.92. The summed E-state index contributed by atoms with van der Waals surface area (Å²) in [6, 6.07) is 12.4. The predicted octanol–water partition coefficient (Wildman–Crippen LogP) is 3.27. The zero-order chi connectivity index (χ0) is 17.3. The summed E-state index contributed by atoms with van der Waals surface area (Å²) in [6.45, 7) is 1.45. The van der Waals surface area contributed by atoms with Crippen molar-refractivity contribution < 1.29 is 19.5 Å². The van der Waals surface area contributed by atoms with Crippen LogP contribution in [0.5, 0.6) is 5.75 Å². The smallest absolute Gasteiger partial charge is 0.347 e. The van der Waals surface area contributed by atoms with Crippen molar-refractivity contribution in [1.82, 2.24) is 9.71 Å². The van der Waals surface area contributed by atoms with Gasteiger partial charge in [0.25, 0.3) is 0 Å². The maximum Gasteiger partial charge on any atom is 0.347 e. The minimum Gasteiger partial charge on any atom is -0.497 e. The van der Waals surface area contributed by atoms with Gasteiger partial charge in [0, 0.05) is 10.6 Å². The number of fused-ring (bicyclic) bond motifs is 1. The fourth-order valence-electron chi connectivity index (χ4n) is 2.26. The van der Waals surface area contributed by atoms with Crippen molar-refractivity contribution in [2.24, 2.45) is 0 Å². The lowest BCUT2D eigenvalue weighted by atomic mass is 10.2. The number of aromatic nitrogens is 2. The molecule has 0 fully saturated rings. The highest BCUT2D eigenvalue weighted by Crippen LogP contribution is 2.27. The molecule has 124 valence electrons. The van der Waals surface area contributed by atoms with Gasteiger partial charge in [-0.3, -0.25) is 0 Å². The molecule has 3 aromatic rings. The molecule has 0 bridgehead atoms. The molecule has 1 atom stereocenters. The highest BCUT2D eigenvalue weighted by Gasteiger charge is 2.20. The average molecular weight is 347 g/mol. The Labute approximate surface area is 143 Å². The van der Waals surface area contributed by atoms with Gasteiger partial charge in [0.05, 0.1) is 12.6 Å². The summed E-state index contributed by atoms with van der Waals surface area (Å²) in [5, 5.41) is 9.65. The minimum atomic E-state index is -1.07. The highest BCUT2D eigenvalue weighted by molar-refractivity contribution is 6.31. The molecule has 0 saturated heterocycles. The Kier molecular flexibility index (Phi) is 4.31. The third kappa shape index (κ3) is 3.00. The Bertz CT molecular complexity index is 889. The normalized spacial score (nSPS) is 12.1. The quantitative estimate of drug-likeness (QED) is 0.767. The summed E-state index contributed by atoms with van der Waals surface area (Å²) in [5.41, 5.74) is 2.02. The van der Waals surface area contributed by atoms with Gasteiger partial charge in [0.1, 0.15) is 11.3 Å². The second-order valence-electron chi connectivity index (χ2n) is 5.18. The van der Waals surface area contributed by atoms with Crippen molar-refractivity contribution in [2.45, 2.75) is 13.0 Å². The van der Waals surface area contributed by atoms with Crippen LogP contribution in [0.4, 0.5) is 0 Å². The van der Waals surface area contributed by atoms with Crippen molar-refractivity contribution in [3.63, 3.8) is 0 Å². The third-order valence-electron chi connectivity index (χ3n) is 3.53. The van der Waals surface area contributed by atoms with E-state index in [1.54, 1.807) is 37.4 Å². The van der Waals surface area contributed by atoms with Crippen molar-refractivity contribution in [3.8, 4) is 17.1 Å². The first kappa shape index (κ1) is 16.1. The molecule has 0 amide bonds. The number of nitrogens with zero attached hydrogens (tertiary/aromatic N) is 2. The zero-order valence-corrected chi connectivity index (χ0v) is 13.8. The maximum atomic E-state index is 11.2. The number of halogens is 1. The van der Waals surface area contributed by atoms with E-state index < -0.39 is 12.1 Å². The number of imidazole rings is 1. The molecule has 1 aromatic heterocycles. The van der Waals surface area contributed by atoms with Crippen LogP contribution in [0.1, 0.15) is 6.92 Å². The Hall–Kier alpha value is -2.73. The van der Waals surface area contributed by atoms with Gasteiger partial charge in [0.2, 0.25) is 6.10 Å². The summed E-state index contributed by atoms with van der Waals surface area (Å²) in [7, 11) is 1.59. The summed E-state index contributed by atoms with van der Waals surface area (Å²) in [6.07, 6.45) is -1.04. The maximum absolute atomic E-state index is 11.2. The number of carboxylic acids is 1. The fourth-order valence-corrected chi connectivity index (χ4v) is 2.43. The van der Waals surface area contributed by atoms with Crippen LogP contribution in [0.15, 0.2) is 42.5 Å². The van der Waals surface area contributed by atoms with Crippen molar-refractivity contribution in [3.05, 3.63) is 47.5 Å². The predicted molar refractivity (Wildman–Crippen MR) is 90.4 cm³/mol. The van der Waals surface area contributed by atoms with Gasteiger partial charge >= 0.3 is 5.97 Å². The van der Waals surface area contributed by atoms with E-state index in [4.69, 9.17) is 26.3 Å². The molecule has 7 heteroatoms. The summed E-state index contributed by atoms with van der Waals surface area (Å²) < 4.78 is 6.56. The number of methoxy groups -OCH3 is 1. The van der Waals surface area contributed by atoms with E-state index in [9.17, 15) is 4.79 Å². The molecule has 0 saturated carbocycles. The van der Waals surface area contributed by atoms with Crippen LogP contribution in [-0.2, 0) is 4.79 Å². The lowest BCUT2D eigenvalue weighted by molar-refractivity contribution is -0.148. The van der Waals surface area contributed by atoms with Crippen molar-refractivity contribution in [2.75, 3.05) is 7.11 Å². The second kappa shape index (κ2) is 6.41. The van der Waals surface area contributed by atoms with Gasteiger partial charge in [-0.2, -0.15) is 4.73 Å². The first-order chi connectivity index (χ1) is 11.5. The van der Waals surface area contributed by atoms with Crippen LogP contribution in [0.3, 0.4) is 0 Å². The van der Waals surface area contributed by atoms with E-state index in [1.165, 1.54) is 11.7 Å². The van der Waals surface area contributed by atoms with E-state index in [2.05, 4.69) is 4.98 Å². The van der Waals surface area contributed by atoms with E-state index in [0.717, 1.165) is 5.56 Å². The molecule has 0 unspecified atom stereocenters. The molecule has 0 radical (unpaired) electrons. The number of rotatable bonds is 5. The topological polar surface area (TPSA) is 73.6 Å². The molecular formula is C17H15ClN2O4. The largest absolute Gasteiger partial charge is 0.497 e. The number of hydrogen-bond acceptors (Lipinski definition) is 4. The molecule has 3 rings (SSSR count). The lowest BCUT2D eigenvalue weighted by Gasteiger charge is -2.14. The first-order valence-corrected chi connectivity index (χ1v) is 7.60. The van der Waals surface area contributed by atoms with Crippen molar-refractivity contribution >= 4 is 28.6 Å². The summed E-state index contributed by atoms with van der Waals surface area (Å²) in [5.74, 6) is 0.131. The van der Waals surface area contributed by atoms with Crippen molar-refractivity contribution in [1.29, 1.82) is 0 Å². The molecule has 6 nitrogen and oxygen atoms in total. The highest BCUT2D eigenvalue weighted by atomic mass is 35.5. The number of carbonyl (C=O) groups is 1. The van der Waals surface area contributed by atoms with Crippen LogP contribution in [0.25, 0.3) is 22.4 Å². The van der Waals surface area contributed by atoms with Crippen LogP contribution < -0.4 is 9.57 Å². The van der Waals surface area contributed by atoms with Gasteiger partial charge in [-0.25, -0.2) is 9.78 Å². The lowest BCUT2D eigenvalue weighted by Crippen LogP contribution is -2.30. The monoisotopic (exact) mass is 346 g/mol. The molecule has 0 aliphatic carbocycles. The SMILES string of the molecule is COc1ccc(-c2nc3ccc(Cl)cc3n2O[C@@H](C)C(=O)O)cc1. The summed E-state index contributed by atoms with van der Waals surface area (Å²) >= 11 is 6.06. The van der Waals surface area contributed by atoms with Crippen LogP contribution in [-0.4, -0.2) is 34.0 Å². The first-order valence-electron chi connectivity index (χ1n) is 7.22. The number of aliphatic carboxylic acids is 1. The van der Waals surface area contributed by atoms with Gasteiger partial charge in [-0.1, -0.05) is 11.6 Å². The Morgan fingerprint density at radius 1 is 1.25 bits per heavy atom. The van der Waals surface area contributed by atoms with Gasteiger partial charge in [-0.15, -0.1) is 0 Å². The van der Waals surface area contributed by atoms with E-state index >= 15 is 0 Å². The second-order valence-corrected chi connectivity index (χ2v) is 5.61. The third-order valence-corrected chi connectivity index (χ3v) is 3.77. The van der Waals surface area contributed by atoms with E-state index in [0.29, 0.717) is 27.6 Å². The zero-order valence-electron chi connectivity index (χ0n) is 13.1. The number of hydrogen-bond donors (Lipinski definition) is 1. The van der Waals surface area contributed by atoms with Gasteiger partial charge < -0.3 is 14.7 Å².